The Morgan fingerprint density at radius 3 is 1.58 bits per heavy atom. The molecule has 2 aromatic rings. The summed E-state index contributed by atoms with van der Waals surface area (Å²) in [6.07, 6.45) is 0. The van der Waals surface area contributed by atoms with Gasteiger partial charge in [0.05, 0.1) is 5.34 Å². The molecule has 0 spiro atoms. The van der Waals surface area contributed by atoms with Crippen LogP contribution < -0.4 is 22.9 Å². The normalized spacial score (nSPS) is 8.77. The van der Waals surface area contributed by atoms with Crippen LogP contribution in [-0.2, 0) is 0 Å². The number of hydrogen-bond acceptors (Lipinski definition) is 4. The van der Waals surface area contributed by atoms with E-state index in [1.54, 1.807) is 24.3 Å². The fraction of sp³-hybridized carbons (Fsp3) is 0.222. The molecule has 0 fully saturated rings. The van der Waals surface area contributed by atoms with Crippen molar-refractivity contribution in [2.75, 3.05) is 16.8 Å². The molecule has 1 amide bonds. The number of aryl methyl sites for hydroxylation is 2. The molecule has 0 saturated heterocycles. The van der Waals surface area contributed by atoms with E-state index in [2.05, 4.69) is 0 Å². The van der Waals surface area contributed by atoms with Gasteiger partial charge in [0, 0.05) is 22.5 Å². The van der Waals surface area contributed by atoms with Crippen molar-refractivity contribution in [3.63, 3.8) is 0 Å². The average Bonchev–Trinajstić information content (AvgIpc) is 2.53. The standard InChI is InChI=1S/C8H10N2O.C8H10N2S.CH2Cl2.CH4/c2*1-5-2-3-6(8(10)11)4-7(5)9;2-1-3;/h2*2-4H,9H2,1H3,(H2,10,11);1H2;1H4. The summed E-state index contributed by atoms with van der Waals surface area (Å²) in [7, 11) is 0. The Labute approximate surface area is 170 Å². The van der Waals surface area contributed by atoms with Crippen molar-refractivity contribution in [2.45, 2.75) is 21.3 Å². The van der Waals surface area contributed by atoms with E-state index in [4.69, 9.17) is 58.4 Å². The summed E-state index contributed by atoms with van der Waals surface area (Å²) in [4.78, 5) is 11.0. The number of nitrogen functional groups attached to an aromatic ring is 2. The Kier molecular flexibility index (Phi) is 13.3. The molecule has 8 N–H and O–H groups in total. The smallest absolute Gasteiger partial charge is 0.248 e. The van der Waals surface area contributed by atoms with Crippen LogP contribution in [0.3, 0.4) is 0 Å². The van der Waals surface area contributed by atoms with Gasteiger partial charge in [0.15, 0.2) is 0 Å². The molecule has 0 aliphatic heterocycles. The Morgan fingerprint density at radius 1 is 0.923 bits per heavy atom. The lowest BCUT2D eigenvalue weighted by molar-refractivity contribution is 0.100. The molecule has 5 nitrogen and oxygen atoms in total. The maximum absolute atomic E-state index is 10.6. The number of carbonyl (C=O) groups excluding carboxylic acids is 1. The van der Waals surface area contributed by atoms with Gasteiger partial charge in [-0.3, -0.25) is 4.79 Å². The minimum atomic E-state index is -0.448. The number of hydrogen-bond donors (Lipinski definition) is 4. The van der Waals surface area contributed by atoms with Crippen molar-refractivity contribution in [3.05, 3.63) is 58.7 Å². The Balaban J connectivity index is 0. The fourth-order valence-electron chi connectivity index (χ4n) is 1.59. The summed E-state index contributed by atoms with van der Waals surface area (Å²) in [5.74, 6) is -0.448. The number of carbonyl (C=O) groups is 1. The first-order valence-corrected chi connectivity index (χ1v) is 8.55. The zero-order valence-electron chi connectivity index (χ0n) is 14.1. The molecule has 0 atom stereocenters. The maximum Gasteiger partial charge on any atom is 0.248 e. The van der Waals surface area contributed by atoms with Crippen LogP contribution in [0.15, 0.2) is 36.4 Å². The second-order valence-corrected chi connectivity index (χ2v) is 6.22. The Bertz CT molecular complexity index is 678. The topological polar surface area (TPSA) is 121 Å². The van der Waals surface area contributed by atoms with E-state index in [1.165, 1.54) is 0 Å². The zero-order chi connectivity index (χ0) is 19.6. The van der Waals surface area contributed by atoms with Crippen LogP contribution in [-0.4, -0.2) is 16.2 Å². The monoisotopic (exact) mass is 416 g/mol. The summed E-state index contributed by atoms with van der Waals surface area (Å²) in [6.45, 7) is 3.82. The zero-order valence-corrected chi connectivity index (χ0v) is 16.4. The van der Waals surface area contributed by atoms with Gasteiger partial charge in [-0.2, -0.15) is 0 Å². The van der Waals surface area contributed by atoms with Gasteiger partial charge in [0.2, 0.25) is 5.91 Å². The third kappa shape index (κ3) is 9.46. The van der Waals surface area contributed by atoms with Gasteiger partial charge in [-0.1, -0.05) is 37.8 Å². The molecule has 0 heterocycles. The summed E-state index contributed by atoms with van der Waals surface area (Å²) < 4.78 is 0. The second-order valence-electron chi connectivity index (χ2n) is 4.97. The first-order chi connectivity index (χ1) is 11.6. The third-order valence-corrected chi connectivity index (χ3v) is 3.36. The highest BCUT2D eigenvalue weighted by Gasteiger charge is 2.00. The Hall–Kier alpha value is -2.02. The summed E-state index contributed by atoms with van der Waals surface area (Å²) >= 11 is 14.3. The molecule has 144 valence electrons. The fourth-order valence-corrected chi connectivity index (χ4v) is 1.71. The minimum Gasteiger partial charge on any atom is -0.398 e. The number of anilines is 2. The van der Waals surface area contributed by atoms with Gasteiger partial charge < -0.3 is 22.9 Å². The van der Waals surface area contributed by atoms with Crippen molar-refractivity contribution >= 4 is 57.7 Å². The highest BCUT2D eigenvalue weighted by molar-refractivity contribution is 7.80. The van der Waals surface area contributed by atoms with E-state index in [1.807, 2.05) is 26.0 Å². The largest absolute Gasteiger partial charge is 0.398 e. The van der Waals surface area contributed by atoms with E-state index in [0.29, 0.717) is 16.2 Å². The van der Waals surface area contributed by atoms with Crippen molar-refractivity contribution < 1.29 is 4.79 Å². The van der Waals surface area contributed by atoms with Crippen LogP contribution >= 0.6 is 35.4 Å². The molecular formula is C18H26Cl2N4OS. The molecule has 0 unspecified atom stereocenters. The number of halogens is 2. The van der Waals surface area contributed by atoms with Crippen LogP contribution in [0.1, 0.15) is 34.5 Å². The summed E-state index contributed by atoms with van der Waals surface area (Å²) in [5, 5.41) is 0.194. The molecule has 0 aromatic heterocycles. The van der Waals surface area contributed by atoms with Gasteiger partial charge in [-0.05, 0) is 43.2 Å². The van der Waals surface area contributed by atoms with E-state index < -0.39 is 5.91 Å². The number of amides is 1. The quantitative estimate of drug-likeness (QED) is 0.335. The molecule has 0 radical (unpaired) electrons. The Morgan fingerprint density at radius 2 is 1.27 bits per heavy atom. The van der Waals surface area contributed by atoms with Gasteiger partial charge in [0.1, 0.15) is 4.99 Å². The average molecular weight is 417 g/mol. The van der Waals surface area contributed by atoms with Crippen molar-refractivity contribution in [1.82, 2.24) is 0 Å². The number of alkyl halides is 2. The highest BCUT2D eigenvalue weighted by atomic mass is 35.5. The van der Waals surface area contributed by atoms with Crippen LogP contribution in [0.25, 0.3) is 0 Å². The van der Waals surface area contributed by atoms with Crippen molar-refractivity contribution in [1.29, 1.82) is 0 Å². The van der Waals surface area contributed by atoms with Crippen LogP contribution in [0.4, 0.5) is 11.4 Å². The summed E-state index contributed by atoms with van der Waals surface area (Å²) in [5.41, 5.74) is 26.2. The van der Waals surface area contributed by atoms with Gasteiger partial charge in [-0.15, -0.1) is 23.2 Å². The maximum atomic E-state index is 10.6. The number of primary amides is 1. The minimum absolute atomic E-state index is 0. The van der Waals surface area contributed by atoms with Crippen molar-refractivity contribution in [2.24, 2.45) is 11.5 Å². The molecule has 0 saturated carbocycles. The highest BCUT2D eigenvalue weighted by Crippen LogP contribution is 2.12. The summed E-state index contributed by atoms with van der Waals surface area (Å²) in [6, 6.07) is 10.6. The van der Waals surface area contributed by atoms with Crippen LogP contribution in [0.5, 0.6) is 0 Å². The van der Waals surface area contributed by atoms with E-state index in [0.717, 1.165) is 22.4 Å². The van der Waals surface area contributed by atoms with E-state index in [9.17, 15) is 4.79 Å². The van der Waals surface area contributed by atoms with Gasteiger partial charge >= 0.3 is 0 Å². The van der Waals surface area contributed by atoms with Gasteiger partial charge in [0.25, 0.3) is 0 Å². The van der Waals surface area contributed by atoms with E-state index in [-0.39, 0.29) is 12.8 Å². The molecule has 8 heteroatoms. The van der Waals surface area contributed by atoms with E-state index >= 15 is 0 Å². The molecule has 0 bridgehead atoms. The third-order valence-electron chi connectivity index (χ3n) is 3.13. The second kappa shape index (κ2) is 13.2. The molecule has 2 rings (SSSR count). The predicted octanol–water partition coefficient (Wildman–Crippen LogP) is 3.95. The van der Waals surface area contributed by atoms with Crippen LogP contribution in [0.2, 0.25) is 0 Å². The number of thiocarbonyl (C=S) groups is 1. The molecular weight excluding hydrogens is 391 g/mol. The molecule has 0 aliphatic rings. The van der Waals surface area contributed by atoms with Gasteiger partial charge in [-0.25, -0.2) is 0 Å². The lowest BCUT2D eigenvalue weighted by atomic mass is 10.1. The predicted molar refractivity (Wildman–Crippen MR) is 119 cm³/mol. The SMILES string of the molecule is C.Cc1ccc(C(N)=O)cc1N.Cc1ccc(C(N)=S)cc1N.ClCCl. The number of benzene rings is 2. The first kappa shape index (κ1) is 26.2. The number of rotatable bonds is 2. The van der Waals surface area contributed by atoms with Crippen molar-refractivity contribution in [3.8, 4) is 0 Å². The lowest BCUT2D eigenvalue weighted by Crippen LogP contribution is -2.11. The first-order valence-electron chi connectivity index (χ1n) is 7.07. The lowest BCUT2D eigenvalue weighted by Gasteiger charge is -2.02. The molecule has 26 heavy (non-hydrogen) atoms. The van der Waals surface area contributed by atoms with Crippen LogP contribution in [0, 0.1) is 13.8 Å². The molecule has 2 aromatic carbocycles. The number of nitrogens with two attached hydrogens (primary N) is 4. The molecule has 0 aliphatic carbocycles.